The number of carbonyl (C=O) groups excluding carboxylic acids is 2. The fraction of sp³-hybridized carbons (Fsp3) is 0.480. The molecule has 4 rings (SSSR count). The van der Waals surface area contributed by atoms with Gasteiger partial charge in [-0.05, 0) is 26.0 Å². The molecule has 1 aromatic heterocycles. The third-order valence-electron chi connectivity index (χ3n) is 7.26. The largest absolute Gasteiger partial charge is 0.493 e. The molecule has 1 aromatic carbocycles. The molecule has 8 nitrogen and oxygen atoms in total. The zero-order chi connectivity index (χ0) is 28.0. The van der Waals surface area contributed by atoms with Crippen molar-refractivity contribution in [2.75, 3.05) is 30.4 Å². The van der Waals surface area contributed by atoms with Gasteiger partial charge in [-0.2, -0.15) is 17.6 Å². The van der Waals surface area contributed by atoms with E-state index in [2.05, 4.69) is 15.6 Å². The number of rotatable bonds is 5. The highest BCUT2D eigenvalue weighted by molar-refractivity contribution is 5.98. The van der Waals surface area contributed by atoms with E-state index in [1.54, 1.807) is 0 Å². The van der Waals surface area contributed by atoms with Crippen molar-refractivity contribution in [1.29, 1.82) is 0 Å². The number of aromatic nitrogens is 1. The van der Waals surface area contributed by atoms with Crippen molar-refractivity contribution in [3.05, 3.63) is 47.7 Å². The Morgan fingerprint density at radius 1 is 1.26 bits per heavy atom. The summed E-state index contributed by atoms with van der Waals surface area (Å²) in [6, 6.07) is 4.45. The number of hydrogen-bond acceptors (Lipinski definition) is 6. The lowest BCUT2D eigenvalue weighted by molar-refractivity contribution is -0.272. The summed E-state index contributed by atoms with van der Waals surface area (Å²) < 4.78 is 81.2. The predicted molar refractivity (Wildman–Crippen MR) is 127 cm³/mol. The van der Waals surface area contributed by atoms with Gasteiger partial charge in [-0.3, -0.25) is 14.5 Å². The standard InChI is InChI=1S/C25H27F5N4O4/c1-12-10-31-11-18(35)34(12)17-9-14(7-8-32-17)33-23(36)22-19(13(2)24(3,38-22)25(28,29)30)15-5-6-16(26)20(27)21(15)37-4/h5-9,12-13,19,22,31H,10-11H2,1-4H3,(H,32,33,36)/t12-,13+,19+,22-,24-/m1/s1. The SMILES string of the molecule is COc1c([C@H]2[C@H](C(=O)Nc3ccnc(N4C(=O)CNC[C@H]4C)c3)O[C@@](C)(C(F)(F)F)[C@H]2C)ccc(F)c1F. The number of methoxy groups -OCH3 is 1. The summed E-state index contributed by atoms with van der Waals surface area (Å²) in [5.41, 5.74) is -2.75. The monoisotopic (exact) mass is 542 g/mol. The van der Waals surface area contributed by atoms with E-state index < -0.39 is 53.0 Å². The third-order valence-corrected chi connectivity index (χ3v) is 7.26. The van der Waals surface area contributed by atoms with E-state index in [9.17, 15) is 31.5 Å². The van der Waals surface area contributed by atoms with Crippen LogP contribution in [0.1, 0.15) is 32.3 Å². The molecule has 38 heavy (non-hydrogen) atoms. The van der Waals surface area contributed by atoms with Crippen LogP contribution in [0.2, 0.25) is 0 Å². The van der Waals surface area contributed by atoms with Crippen molar-refractivity contribution in [1.82, 2.24) is 10.3 Å². The highest BCUT2D eigenvalue weighted by atomic mass is 19.4. The van der Waals surface area contributed by atoms with Crippen molar-refractivity contribution in [3.8, 4) is 5.75 Å². The Morgan fingerprint density at radius 3 is 2.61 bits per heavy atom. The molecular weight excluding hydrogens is 515 g/mol. The van der Waals surface area contributed by atoms with E-state index in [1.165, 1.54) is 30.2 Å². The molecule has 0 spiro atoms. The summed E-state index contributed by atoms with van der Waals surface area (Å²) in [5.74, 6) is -6.90. The minimum atomic E-state index is -4.88. The number of nitrogens with zero attached hydrogens (tertiary/aromatic N) is 2. The number of benzene rings is 1. The van der Waals surface area contributed by atoms with E-state index in [-0.39, 0.29) is 35.6 Å². The number of alkyl halides is 3. The molecule has 0 radical (unpaired) electrons. The van der Waals surface area contributed by atoms with Crippen LogP contribution in [-0.4, -0.2) is 60.9 Å². The van der Waals surface area contributed by atoms with Crippen LogP contribution < -0.4 is 20.3 Å². The Bertz CT molecular complexity index is 1240. The van der Waals surface area contributed by atoms with Crippen LogP contribution in [0.5, 0.6) is 5.75 Å². The first-order valence-corrected chi connectivity index (χ1v) is 11.9. The van der Waals surface area contributed by atoms with Gasteiger partial charge in [-0.25, -0.2) is 9.37 Å². The lowest BCUT2D eigenvalue weighted by Crippen LogP contribution is -2.54. The summed E-state index contributed by atoms with van der Waals surface area (Å²) in [4.78, 5) is 31.5. The fourth-order valence-corrected chi connectivity index (χ4v) is 5.05. The van der Waals surface area contributed by atoms with Crippen molar-refractivity contribution in [2.45, 2.75) is 50.6 Å². The van der Waals surface area contributed by atoms with E-state index in [0.29, 0.717) is 6.54 Å². The Balaban J connectivity index is 1.70. The second kappa shape index (κ2) is 10.1. The van der Waals surface area contributed by atoms with Gasteiger partial charge in [0.05, 0.1) is 13.7 Å². The topological polar surface area (TPSA) is 92.8 Å². The quantitative estimate of drug-likeness (QED) is 0.559. The molecule has 3 heterocycles. The number of carbonyl (C=O) groups is 2. The lowest BCUT2D eigenvalue weighted by Gasteiger charge is -2.33. The van der Waals surface area contributed by atoms with Crippen LogP contribution >= 0.6 is 0 Å². The first kappa shape index (κ1) is 27.7. The van der Waals surface area contributed by atoms with Crippen LogP contribution in [-0.2, 0) is 14.3 Å². The maximum Gasteiger partial charge on any atom is 0.417 e. The van der Waals surface area contributed by atoms with Crippen LogP contribution in [0.15, 0.2) is 30.5 Å². The second-order valence-electron chi connectivity index (χ2n) is 9.58. The van der Waals surface area contributed by atoms with Crippen LogP contribution in [0.25, 0.3) is 0 Å². The molecular formula is C25H27F5N4O4. The molecule has 0 saturated carbocycles. The van der Waals surface area contributed by atoms with Gasteiger partial charge in [0.15, 0.2) is 17.2 Å². The lowest BCUT2D eigenvalue weighted by atomic mass is 9.77. The molecule has 2 amide bonds. The smallest absolute Gasteiger partial charge is 0.417 e. The van der Waals surface area contributed by atoms with Gasteiger partial charge >= 0.3 is 6.18 Å². The van der Waals surface area contributed by atoms with Crippen LogP contribution in [0, 0.1) is 17.6 Å². The van der Waals surface area contributed by atoms with E-state index in [1.807, 2.05) is 6.92 Å². The summed E-state index contributed by atoms with van der Waals surface area (Å²) >= 11 is 0. The first-order chi connectivity index (χ1) is 17.8. The first-order valence-electron chi connectivity index (χ1n) is 11.9. The molecule has 5 atom stereocenters. The molecule has 0 aliphatic carbocycles. The van der Waals surface area contributed by atoms with Crippen molar-refractivity contribution >= 4 is 23.3 Å². The summed E-state index contributed by atoms with van der Waals surface area (Å²) in [5, 5.41) is 5.50. The van der Waals surface area contributed by atoms with Crippen molar-refractivity contribution < 1.29 is 41.0 Å². The number of nitrogens with one attached hydrogen (secondary N) is 2. The number of halogens is 5. The Kier molecular flexibility index (Phi) is 7.36. The van der Waals surface area contributed by atoms with E-state index in [0.717, 1.165) is 26.2 Å². The number of anilines is 2. The zero-order valence-corrected chi connectivity index (χ0v) is 21.0. The Hall–Kier alpha value is -3.32. The normalized spacial score (nSPS) is 27.9. The van der Waals surface area contributed by atoms with Gasteiger partial charge in [0.2, 0.25) is 11.7 Å². The molecule has 0 unspecified atom stereocenters. The Labute approximate surface area is 215 Å². The average Bonchev–Trinajstić information content (AvgIpc) is 3.13. The van der Waals surface area contributed by atoms with Gasteiger partial charge in [0, 0.05) is 47.9 Å². The second-order valence-corrected chi connectivity index (χ2v) is 9.58. The van der Waals surface area contributed by atoms with Gasteiger partial charge < -0.3 is 20.1 Å². The molecule has 2 saturated heterocycles. The van der Waals surface area contributed by atoms with E-state index >= 15 is 0 Å². The molecule has 2 aliphatic heterocycles. The molecule has 2 N–H and O–H groups in total. The minimum absolute atomic E-state index is 0.101. The highest BCUT2D eigenvalue weighted by Gasteiger charge is 2.66. The Morgan fingerprint density at radius 2 is 1.97 bits per heavy atom. The molecule has 13 heteroatoms. The number of piperazine rings is 1. The maximum absolute atomic E-state index is 14.5. The summed E-state index contributed by atoms with van der Waals surface area (Å²) in [6.07, 6.45) is -5.28. The van der Waals surface area contributed by atoms with Crippen LogP contribution in [0.3, 0.4) is 0 Å². The average molecular weight is 543 g/mol. The predicted octanol–water partition coefficient (Wildman–Crippen LogP) is 3.77. The maximum atomic E-state index is 14.5. The molecule has 2 fully saturated rings. The van der Waals surface area contributed by atoms with Crippen molar-refractivity contribution in [2.24, 2.45) is 5.92 Å². The third kappa shape index (κ3) is 4.68. The zero-order valence-electron chi connectivity index (χ0n) is 21.0. The molecule has 2 aromatic rings. The summed E-state index contributed by atoms with van der Waals surface area (Å²) in [7, 11) is 1.05. The summed E-state index contributed by atoms with van der Waals surface area (Å²) in [6.45, 7) is 4.47. The van der Waals surface area contributed by atoms with Crippen molar-refractivity contribution in [3.63, 3.8) is 0 Å². The number of amides is 2. The van der Waals surface area contributed by atoms with E-state index in [4.69, 9.17) is 9.47 Å². The highest BCUT2D eigenvalue weighted by Crippen LogP contribution is 2.55. The number of hydrogen-bond donors (Lipinski definition) is 2. The number of pyridine rings is 1. The molecule has 0 bridgehead atoms. The number of ether oxygens (including phenoxy) is 2. The molecule has 206 valence electrons. The van der Waals surface area contributed by atoms with Crippen LogP contribution in [0.4, 0.5) is 33.5 Å². The van der Waals surface area contributed by atoms with Gasteiger partial charge in [-0.1, -0.05) is 13.0 Å². The fourth-order valence-electron chi connectivity index (χ4n) is 5.05. The van der Waals surface area contributed by atoms with Gasteiger partial charge in [0.25, 0.3) is 5.91 Å². The minimum Gasteiger partial charge on any atom is -0.493 e. The van der Waals surface area contributed by atoms with Gasteiger partial charge in [0.1, 0.15) is 11.9 Å². The molecule has 2 aliphatic rings. The van der Waals surface area contributed by atoms with Gasteiger partial charge in [-0.15, -0.1) is 0 Å².